The predicted molar refractivity (Wildman–Crippen MR) is 76.5 cm³/mol. The van der Waals surface area contributed by atoms with Crippen molar-refractivity contribution < 1.29 is 9.50 Å². The van der Waals surface area contributed by atoms with Crippen LogP contribution in [0, 0.1) is 5.82 Å². The number of halogens is 1. The molecule has 0 saturated heterocycles. The van der Waals surface area contributed by atoms with Crippen molar-refractivity contribution in [1.29, 1.82) is 0 Å². The molecule has 3 N–H and O–H groups in total. The standard InChI is InChI=1S/C15H16FNOS/c16-13-8-4-5-9-14(13)19-11-15(18,10-17)12-6-2-1-3-7-12/h1-9,18H,10-11,17H2. The van der Waals surface area contributed by atoms with E-state index < -0.39 is 5.60 Å². The molecule has 100 valence electrons. The van der Waals surface area contributed by atoms with Crippen molar-refractivity contribution in [3.05, 3.63) is 66.0 Å². The Balaban J connectivity index is 2.14. The maximum atomic E-state index is 13.5. The highest BCUT2D eigenvalue weighted by molar-refractivity contribution is 7.99. The minimum absolute atomic E-state index is 0.0957. The predicted octanol–water partition coefficient (Wildman–Crippen LogP) is 2.76. The van der Waals surface area contributed by atoms with Gasteiger partial charge < -0.3 is 10.8 Å². The van der Waals surface area contributed by atoms with Crippen molar-refractivity contribution in [3.63, 3.8) is 0 Å². The average Bonchev–Trinajstić information content (AvgIpc) is 2.47. The van der Waals surface area contributed by atoms with Gasteiger partial charge >= 0.3 is 0 Å². The smallest absolute Gasteiger partial charge is 0.136 e. The molecule has 0 fully saturated rings. The lowest BCUT2D eigenvalue weighted by Crippen LogP contribution is -2.37. The molecule has 0 aliphatic rings. The van der Waals surface area contributed by atoms with Crippen LogP contribution < -0.4 is 5.73 Å². The van der Waals surface area contributed by atoms with Gasteiger partial charge in [-0.25, -0.2) is 4.39 Å². The fraction of sp³-hybridized carbons (Fsp3) is 0.200. The van der Waals surface area contributed by atoms with E-state index in [0.29, 0.717) is 10.6 Å². The van der Waals surface area contributed by atoms with Crippen LogP contribution in [0.2, 0.25) is 0 Å². The third-order valence-corrected chi connectivity index (χ3v) is 4.22. The molecule has 0 spiro atoms. The summed E-state index contributed by atoms with van der Waals surface area (Å²) in [4.78, 5) is 0.519. The second kappa shape index (κ2) is 6.19. The van der Waals surface area contributed by atoms with Crippen molar-refractivity contribution in [2.45, 2.75) is 10.5 Å². The summed E-state index contributed by atoms with van der Waals surface area (Å²) in [6, 6.07) is 15.8. The lowest BCUT2D eigenvalue weighted by molar-refractivity contribution is 0.0721. The number of hydrogen-bond donors (Lipinski definition) is 2. The summed E-state index contributed by atoms with van der Waals surface area (Å²) >= 11 is 1.27. The number of rotatable bonds is 5. The summed E-state index contributed by atoms with van der Waals surface area (Å²) < 4.78 is 13.5. The Morgan fingerprint density at radius 2 is 1.68 bits per heavy atom. The monoisotopic (exact) mass is 277 g/mol. The molecule has 0 radical (unpaired) electrons. The molecule has 0 heterocycles. The van der Waals surface area contributed by atoms with Crippen molar-refractivity contribution in [2.75, 3.05) is 12.3 Å². The SMILES string of the molecule is NCC(O)(CSc1ccccc1F)c1ccccc1. The molecule has 0 amide bonds. The van der Waals surface area contributed by atoms with Crippen LogP contribution in [0.1, 0.15) is 5.56 Å². The van der Waals surface area contributed by atoms with Crippen LogP contribution in [-0.2, 0) is 5.60 Å². The zero-order valence-corrected chi connectivity index (χ0v) is 11.2. The Hall–Kier alpha value is -1.36. The molecular weight excluding hydrogens is 261 g/mol. The molecule has 0 aliphatic heterocycles. The highest BCUT2D eigenvalue weighted by atomic mass is 32.2. The molecule has 2 aromatic carbocycles. The van der Waals surface area contributed by atoms with Crippen molar-refractivity contribution in [3.8, 4) is 0 Å². The normalized spacial score (nSPS) is 14.1. The first-order chi connectivity index (χ1) is 9.15. The third-order valence-electron chi connectivity index (χ3n) is 2.95. The van der Waals surface area contributed by atoms with Crippen molar-refractivity contribution in [1.82, 2.24) is 0 Å². The van der Waals surface area contributed by atoms with Gasteiger partial charge in [0.15, 0.2) is 0 Å². The van der Waals surface area contributed by atoms with E-state index in [1.54, 1.807) is 18.2 Å². The number of aliphatic hydroxyl groups is 1. The molecule has 0 saturated carbocycles. The molecule has 0 aromatic heterocycles. The molecule has 4 heteroatoms. The van der Waals surface area contributed by atoms with Crippen molar-refractivity contribution in [2.24, 2.45) is 5.73 Å². The lowest BCUT2D eigenvalue weighted by atomic mass is 9.96. The van der Waals surface area contributed by atoms with E-state index in [-0.39, 0.29) is 12.4 Å². The largest absolute Gasteiger partial charge is 0.383 e. The Morgan fingerprint density at radius 1 is 1.05 bits per heavy atom. The minimum Gasteiger partial charge on any atom is -0.383 e. The highest BCUT2D eigenvalue weighted by Gasteiger charge is 2.27. The van der Waals surface area contributed by atoms with Crippen molar-refractivity contribution >= 4 is 11.8 Å². The van der Waals surface area contributed by atoms with Crippen LogP contribution in [0.25, 0.3) is 0 Å². The van der Waals surface area contributed by atoms with Crippen LogP contribution in [0.15, 0.2) is 59.5 Å². The van der Waals surface area contributed by atoms with E-state index in [1.807, 2.05) is 30.3 Å². The topological polar surface area (TPSA) is 46.2 Å². The number of thioether (sulfide) groups is 1. The molecule has 1 unspecified atom stereocenters. The van der Waals surface area contributed by atoms with Gasteiger partial charge in [0.2, 0.25) is 0 Å². The molecule has 19 heavy (non-hydrogen) atoms. The summed E-state index contributed by atoms with van der Waals surface area (Å²) in [5, 5.41) is 10.6. The van der Waals surface area contributed by atoms with E-state index in [2.05, 4.69) is 0 Å². The highest BCUT2D eigenvalue weighted by Crippen LogP contribution is 2.30. The summed E-state index contributed by atoms with van der Waals surface area (Å²) in [6.07, 6.45) is 0. The Morgan fingerprint density at radius 3 is 2.32 bits per heavy atom. The van der Waals surface area contributed by atoms with Gasteiger partial charge in [0.1, 0.15) is 11.4 Å². The summed E-state index contributed by atoms with van der Waals surface area (Å²) in [7, 11) is 0. The number of hydrogen-bond acceptors (Lipinski definition) is 3. The number of nitrogens with two attached hydrogens (primary N) is 1. The zero-order chi connectivity index (χ0) is 13.7. The molecule has 2 aromatic rings. The van der Waals surface area contributed by atoms with Gasteiger partial charge in [0.25, 0.3) is 0 Å². The van der Waals surface area contributed by atoms with Gasteiger partial charge in [-0.1, -0.05) is 42.5 Å². The van der Waals surface area contributed by atoms with Gasteiger partial charge in [0.05, 0.1) is 0 Å². The first kappa shape index (κ1) is 14.1. The van der Waals surface area contributed by atoms with E-state index in [4.69, 9.17) is 5.73 Å². The average molecular weight is 277 g/mol. The Labute approximate surface area is 116 Å². The van der Waals surface area contributed by atoms with Gasteiger partial charge in [-0.05, 0) is 17.7 Å². The Kier molecular flexibility index (Phi) is 4.58. The fourth-order valence-electron chi connectivity index (χ4n) is 1.77. The first-order valence-corrected chi connectivity index (χ1v) is 6.99. The summed E-state index contributed by atoms with van der Waals surface area (Å²) in [5.41, 5.74) is 5.29. The quantitative estimate of drug-likeness (QED) is 0.826. The van der Waals surface area contributed by atoms with Gasteiger partial charge in [-0.15, -0.1) is 11.8 Å². The molecule has 0 bridgehead atoms. The summed E-state index contributed by atoms with van der Waals surface area (Å²) in [5.74, 6) is 0.0361. The van der Waals surface area contributed by atoms with Gasteiger partial charge in [0, 0.05) is 17.2 Å². The van der Waals surface area contributed by atoms with Gasteiger partial charge in [-0.3, -0.25) is 0 Å². The van der Waals surface area contributed by atoms with Crippen LogP contribution in [0.4, 0.5) is 4.39 Å². The summed E-state index contributed by atoms with van der Waals surface area (Å²) in [6.45, 7) is 0.0957. The van der Waals surface area contributed by atoms with Crippen LogP contribution >= 0.6 is 11.8 Å². The Bertz CT molecular complexity index is 535. The second-order valence-electron chi connectivity index (χ2n) is 4.32. The number of benzene rings is 2. The van der Waals surface area contributed by atoms with Crippen LogP contribution in [-0.4, -0.2) is 17.4 Å². The molecule has 2 rings (SSSR count). The molecule has 0 aliphatic carbocycles. The van der Waals surface area contributed by atoms with Crippen LogP contribution in [0.5, 0.6) is 0 Å². The molecule has 1 atom stereocenters. The second-order valence-corrected chi connectivity index (χ2v) is 5.34. The van der Waals surface area contributed by atoms with E-state index in [0.717, 1.165) is 5.56 Å². The van der Waals surface area contributed by atoms with E-state index in [9.17, 15) is 9.50 Å². The maximum absolute atomic E-state index is 13.5. The zero-order valence-electron chi connectivity index (χ0n) is 10.4. The van der Waals surface area contributed by atoms with Crippen LogP contribution in [0.3, 0.4) is 0 Å². The first-order valence-electron chi connectivity index (χ1n) is 6.01. The fourth-order valence-corrected chi connectivity index (χ4v) is 2.83. The lowest BCUT2D eigenvalue weighted by Gasteiger charge is -2.26. The van der Waals surface area contributed by atoms with E-state index in [1.165, 1.54) is 17.8 Å². The van der Waals surface area contributed by atoms with Gasteiger partial charge in [-0.2, -0.15) is 0 Å². The van der Waals surface area contributed by atoms with E-state index >= 15 is 0 Å². The molecule has 2 nitrogen and oxygen atoms in total. The third kappa shape index (κ3) is 3.35. The maximum Gasteiger partial charge on any atom is 0.136 e. The minimum atomic E-state index is -1.14. The molecular formula is C15H16FNOS.